The Morgan fingerprint density at radius 3 is 2.87 bits per heavy atom. The van der Waals surface area contributed by atoms with Crippen molar-refractivity contribution in [2.24, 2.45) is 0 Å². The monoisotopic (exact) mass is 231 g/mol. The van der Waals surface area contributed by atoms with Crippen LogP contribution in [-0.2, 0) is 0 Å². The van der Waals surface area contributed by atoms with Gasteiger partial charge in [-0.05, 0) is 25.1 Å². The van der Waals surface area contributed by atoms with Gasteiger partial charge in [0.25, 0.3) is 5.91 Å². The van der Waals surface area contributed by atoms with E-state index in [9.17, 15) is 9.18 Å². The van der Waals surface area contributed by atoms with Gasteiger partial charge in [0.15, 0.2) is 0 Å². The molecule has 1 amide bonds. The molecule has 0 saturated carbocycles. The molecule has 0 saturated heterocycles. The first-order valence-corrected chi connectivity index (χ1v) is 4.80. The quantitative estimate of drug-likeness (QED) is 0.830. The molecule has 0 aliphatic carbocycles. The number of halogens is 2. The summed E-state index contributed by atoms with van der Waals surface area (Å²) in [6.45, 7) is 1.61. The Hall–Kier alpha value is -1.13. The second kappa shape index (κ2) is 5.09. The SMILES string of the molecule is CC(O)CNC(=O)c1ccc(Cl)cc1F. The number of hydrogen-bond acceptors (Lipinski definition) is 2. The second-order valence-electron chi connectivity index (χ2n) is 3.18. The summed E-state index contributed by atoms with van der Waals surface area (Å²) in [5, 5.41) is 11.6. The highest BCUT2D eigenvalue weighted by atomic mass is 35.5. The van der Waals surface area contributed by atoms with Crippen molar-refractivity contribution in [3.05, 3.63) is 34.6 Å². The van der Waals surface area contributed by atoms with E-state index in [0.29, 0.717) is 0 Å². The van der Waals surface area contributed by atoms with Crippen molar-refractivity contribution in [3.8, 4) is 0 Å². The van der Waals surface area contributed by atoms with Gasteiger partial charge in [0.1, 0.15) is 5.82 Å². The molecule has 1 aromatic carbocycles. The van der Waals surface area contributed by atoms with Crippen LogP contribution in [0.4, 0.5) is 4.39 Å². The molecule has 0 aliphatic heterocycles. The highest BCUT2D eigenvalue weighted by Crippen LogP contribution is 2.14. The molecule has 1 aromatic rings. The predicted molar refractivity (Wildman–Crippen MR) is 55.4 cm³/mol. The topological polar surface area (TPSA) is 49.3 Å². The molecule has 1 atom stereocenters. The van der Waals surface area contributed by atoms with E-state index in [2.05, 4.69) is 5.32 Å². The number of carbonyl (C=O) groups is 1. The number of aliphatic hydroxyl groups excluding tert-OH is 1. The van der Waals surface area contributed by atoms with Gasteiger partial charge in [-0.1, -0.05) is 11.6 Å². The van der Waals surface area contributed by atoms with Crippen LogP contribution in [0.1, 0.15) is 17.3 Å². The Balaban J connectivity index is 2.74. The van der Waals surface area contributed by atoms with Crippen molar-refractivity contribution in [2.75, 3.05) is 6.54 Å². The molecular weight excluding hydrogens is 221 g/mol. The molecule has 2 N–H and O–H groups in total. The average Bonchev–Trinajstić information content (AvgIpc) is 2.14. The van der Waals surface area contributed by atoms with E-state index < -0.39 is 17.8 Å². The van der Waals surface area contributed by atoms with Crippen molar-refractivity contribution >= 4 is 17.5 Å². The van der Waals surface area contributed by atoms with E-state index in [0.717, 1.165) is 6.07 Å². The fourth-order valence-electron chi connectivity index (χ4n) is 1.01. The minimum absolute atomic E-state index is 0.0833. The lowest BCUT2D eigenvalue weighted by Crippen LogP contribution is -2.31. The predicted octanol–water partition coefficient (Wildman–Crippen LogP) is 1.59. The summed E-state index contributed by atoms with van der Waals surface area (Å²) in [6.07, 6.45) is -0.663. The molecule has 0 heterocycles. The van der Waals surface area contributed by atoms with Gasteiger partial charge in [-0.2, -0.15) is 0 Å². The maximum atomic E-state index is 13.2. The standard InChI is InChI=1S/C10H11ClFNO2/c1-6(14)5-13-10(15)8-3-2-7(11)4-9(8)12/h2-4,6,14H,5H2,1H3,(H,13,15). The molecule has 0 bridgehead atoms. The van der Waals surface area contributed by atoms with Crippen LogP contribution in [0.2, 0.25) is 5.02 Å². The molecule has 0 radical (unpaired) electrons. The van der Waals surface area contributed by atoms with Gasteiger partial charge in [-0.15, -0.1) is 0 Å². The lowest BCUT2D eigenvalue weighted by atomic mass is 10.2. The number of hydrogen-bond donors (Lipinski definition) is 2. The van der Waals surface area contributed by atoms with Crippen LogP contribution in [0.25, 0.3) is 0 Å². The van der Waals surface area contributed by atoms with Crippen molar-refractivity contribution in [1.29, 1.82) is 0 Å². The van der Waals surface area contributed by atoms with Crippen LogP contribution in [0.5, 0.6) is 0 Å². The van der Waals surface area contributed by atoms with E-state index in [1.54, 1.807) is 0 Å². The number of benzene rings is 1. The van der Waals surface area contributed by atoms with Crippen LogP contribution < -0.4 is 5.32 Å². The average molecular weight is 232 g/mol. The van der Waals surface area contributed by atoms with Crippen molar-refractivity contribution in [3.63, 3.8) is 0 Å². The summed E-state index contributed by atoms with van der Waals surface area (Å²) in [6, 6.07) is 3.80. The third-order valence-electron chi connectivity index (χ3n) is 1.73. The molecular formula is C10H11ClFNO2. The van der Waals surface area contributed by atoms with Gasteiger partial charge < -0.3 is 10.4 Å². The molecule has 0 fully saturated rings. The van der Waals surface area contributed by atoms with Crippen molar-refractivity contribution in [1.82, 2.24) is 5.32 Å². The molecule has 82 valence electrons. The van der Waals surface area contributed by atoms with Gasteiger partial charge in [0.05, 0.1) is 11.7 Å². The molecule has 1 unspecified atom stereocenters. The Morgan fingerprint density at radius 2 is 2.33 bits per heavy atom. The van der Waals surface area contributed by atoms with E-state index in [4.69, 9.17) is 16.7 Å². The Bertz CT molecular complexity index is 368. The molecule has 0 aromatic heterocycles. The Morgan fingerprint density at radius 1 is 1.67 bits per heavy atom. The molecule has 0 aliphatic rings. The van der Waals surface area contributed by atoms with E-state index >= 15 is 0 Å². The normalized spacial score (nSPS) is 12.3. The third kappa shape index (κ3) is 3.49. The van der Waals surface area contributed by atoms with Crippen LogP contribution in [0.15, 0.2) is 18.2 Å². The molecule has 1 rings (SSSR count). The molecule has 0 spiro atoms. The van der Waals surface area contributed by atoms with Crippen molar-refractivity contribution < 1.29 is 14.3 Å². The zero-order valence-electron chi connectivity index (χ0n) is 8.13. The van der Waals surface area contributed by atoms with Gasteiger partial charge >= 0.3 is 0 Å². The number of amides is 1. The summed E-state index contributed by atoms with van der Waals surface area (Å²) in [7, 11) is 0. The first kappa shape index (κ1) is 11.9. The number of nitrogens with one attached hydrogen (secondary N) is 1. The van der Waals surface area contributed by atoms with Gasteiger partial charge in [0, 0.05) is 11.6 Å². The fourth-order valence-corrected chi connectivity index (χ4v) is 1.17. The highest BCUT2D eigenvalue weighted by Gasteiger charge is 2.11. The fraction of sp³-hybridized carbons (Fsp3) is 0.300. The lowest BCUT2D eigenvalue weighted by molar-refractivity contribution is 0.0920. The van der Waals surface area contributed by atoms with Gasteiger partial charge in [0.2, 0.25) is 0 Å². The summed E-state index contributed by atoms with van der Waals surface area (Å²) in [5.74, 6) is -1.24. The zero-order chi connectivity index (χ0) is 11.4. The van der Waals surface area contributed by atoms with E-state index in [-0.39, 0.29) is 17.1 Å². The smallest absolute Gasteiger partial charge is 0.254 e. The second-order valence-corrected chi connectivity index (χ2v) is 3.62. The van der Waals surface area contributed by atoms with E-state index in [1.807, 2.05) is 0 Å². The summed E-state index contributed by atoms with van der Waals surface area (Å²) in [5.41, 5.74) is -0.0833. The molecule has 5 heteroatoms. The first-order chi connectivity index (χ1) is 7.00. The summed E-state index contributed by atoms with van der Waals surface area (Å²) < 4.78 is 13.2. The Labute approximate surface area is 91.9 Å². The van der Waals surface area contributed by atoms with Crippen LogP contribution >= 0.6 is 11.6 Å². The maximum absolute atomic E-state index is 13.2. The van der Waals surface area contributed by atoms with Crippen LogP contribution in [-0.4, -0.2) is 23.7 Å². The largest absolute Gasteiger partial charge is 0.392 e. The third-order valence-corrected chi connectivity index (χ3v) is 1.97. The molecule has 3 nitrogen and oxygen atoms in total. The zero-order valence-corrected chi connectivity index (χ0v) is 8.88. The van der Waals surface area contributed by atoms with Crippen LogP contribution in [0.3, 0.4) is 0 Å². The number of aliphatic hydroxyl groups is 1. The van der Waals surface area contributed by atoms with Gasteiger partial charge in [-0.3, -0.25) is 4.79 Å². The van der Waals surface area contributed by atoms with Crippen molar-refractivity contribution in [2.45, 2.75) is 13.0 Å². The first-order valence-electron chi connectivity index (χ1n) is 4.42. The van der Waals surface area contributed by atoms with Crippen LogP contribution in [0, 0.1) is 5.82 Å². The number of rotatable bonds is 3. The highest BCUT2D eigenvalue weighted by molar-refractivity contribution is 6.30. The van der Waals surface area contributed by atoms with Gasteiger partial charge in [-0.25, -0.2) is 4.39 Å². The summed E-state index contributed by atoms with van der Waals surface area (Å²) in [4.78, 5) is 11.4. The number of carbonyl (C=O) groups excluding carboxylic acids is 1. The molecule has 15 heavy (non-hydrogen) atoms. The Kier molecular flexibility index (Phi) is 4.05. The minimum Gasteiger partial charge on any atom is -0.392 e. The lowest BCUT2D eigenvalue weighted by Gasteiger charge is -2.07. The van der Waals surface area contributed by atoms with E-state index in [1.165, 1.54) is 19.1 Å². The maximum Gasteiger partial charge on any atom is 0.254 e. The minimum atomic E-state index is -0.675. The summed E-state index contributed by atoms with van der Waals surface area (Å²) >= 11 is 5.54.